The van der Waals surface area contributed by atoms with E-state index in [0.717, 1.165) is 0 Å². The van der Waals surface area contributed by atoms with Crippen LogP contribution in [0.3, 0.4) is 0 Å². The summed E-state index contributed by atoms with van der Waals surface area (Å²) in [4.78, 5) is 37.7. The van der Waals surface area contributed by atoms with Gasteiger partial charge in [0.15, 0.2) is 5.43 Å². The molecule has 0 spiro atoms. The molecule has 0 unspecified atom stereocenters. The Hall–Kier alpha value is -2.89. The number of hydrogen-bond donors (Lipinski definition) is 3. The van der Waals surface area contributed by atoms with Gasteiger partial charge in [-0.1, -0.05) is 6.07 Å². The highest BCUT2D eigenvalue weighted by Crippen LogP contribution is 2.11. The van der Waals surface area contributed by atoms with Gasteiger partial charge in [0.2, 0.25) is 0 Å². The second-order valence-corrected chi connectivity index (χ2v) is 4.04. The van der Waals surface area contributed by atoms with Gasteiger partial charge in [0, 0.05) is 36.8 Å². The van der Waals surface area contributed by atoms with Crippen LogP contribution in [0.25, 0.3) is 0 Å². The van der Waals surface area contributed by atoms with Crippen LogP contribution in [0, 0.1) is 0 Å². The molecule has 0 aliphatic carbocycles. The van der Waals surface area contributed by atoms with E-state index in [0.29, 0.717) is 11.3 Å². The number of hydrogen-bond acceptors (Lipinski definition) is 3. The molecule has 0 atom stereocenters. The number of aromatic nitrogens is 1. The van der Waals surface area contributed by atoms with Crippen molar-refractivity contribution in [3.63, 3.8) is 0 Å². The lowest BCUT2D eigenvalue weighted by molar-refractivity contribution is 0.0961. The third-order valence-corrected chi connectivity index (χ3v) is 2.68. The normalized spacial score (nSPS) is 9.85. The van der Waals surface area contributed by atoms with Crippen molar-refractivity contribution in [2.75, 3.05) is 12.4 Å². The molecule has 2 aromatic rings. The third kappa shape index (κ3) is 2.92. The molecule has 0 bridgehead atoms. The third-order valence-electron chi connectivity index (χ3n) is 2.68. The second kappa shape index (κ2) is 5.83. The molecule has 102 valence electrons. The number of H-pyrrole nitrogens is 1. The number of aromatic amines is 1. The molecule has 6 nitrogen and oxygen atoms in total. The Morgan fingerprint density at radius 3 is 2.65 bits per heavy atom. The Bertz CT molecular complexity index is 707. The zero-order chi connectivity index (χ0) is 14.5. The van der Waals surface area contributed by atoms with Crippen LogP contribution in [-0.4, -0.2) is 23.8 Å². The first-order valence-electron chi connectivity index (χ1n) is 5.92. The number of benzene rings is 1. The molecule has 6 heteroatoms. The van der Waals surface area contributed by atoms with Gasteiger partial charge in [0.05, 0.1) is 0 Å². The first kappa shape index (κ1) is 13.5. The maximum absolute atomic E-state index is 12.0. The first-order chi connectivity index (χ1) is 9.61. The zero-order valence-corrected chi connectivity index (χ0v) is 10.8. The lowest BCUT2D eigenvalue weighted by Gasteiger charge is -2.06. The molecule has 0 fully saturated rings. The molecule has 3 N–H and O–H groups in total. The summed E-state index contributed by atoms with van der Waals surface area (Å²) in [5.74, 6) is -0.778. The Balaban J connectivity index is 2.22. The minimum absolute atomic E-state index is 0.0119. The summed E-state index contributed by atoms with van der Waals surface area (Å²) >= 11 is 0. The number of nitrogens with one attached hydrogen (secondary N) is 3. The van der Waals surface area contributed by atoms with Gasteiger partial charge < -0.3 is 15.6 Å². The van der Waals surface area contributed by atoms with Crippen molar-refractivity contribution in [1.82, 2.24) is 10.3 Å². The highest BCUT2D eigenvalue weighted by Gasteiger charge is 2.10. The van der Waals surface area contributed by atoms with Crippen molar-refractivity contribution in [3.8, 4) is 0 Å². The Kier molecular flexibility index (Phi) is 3.95. The smallest absolute Gasteiger partial charge is 0.261 e. The predicted octanol–water partition coefficient (Wildman–Crippen LogP) is 0.987. The van der Waals surface area contributed by atoms with Gasteiger partial charge >= 0.3 is 0 Å². The molecule has 0 aliphatic rings. The zero-order valence-electron chi connectivity index (χ0n) is 10.8. The van der Waals surface area contributed by atoms with E-state index in [1.54, 1.807) is 18.2 Å². The second-order valence-electron chi connectivity index (χ2n) is 4.04. The van der Waals surface area contributed by atoms with Crippen LogP contribution in [0.4, 0.5) is 5.69 Å². The number of rotatable bonds is 3. The Labute approximate surface area is 114 Å². The number of anilines is 1. The molecule has 1 aromatic heterocycles. The molecule has 2 amide bonds. The van der Waals surface area contributed by atoms with E-state index in [9.17, 15) is 14.4 Å². The van der Waals surface area contributed by atoms with E-state index >= 15 is 0 Å². The van der Waals surface area contributed by atoms with E-state index in [-0.39, 0.29) is 16.9 Å². The summed E-state index contributed by atoms with van der Waals surface area (Å²) in [5.41, 5.74) is 0.508. The lowest BCUT2D eigenvalue weighted by Crippen LogP contribution is -2.21. The molecule has 0 aliphatic heterocycles. The van der Waals surface area contributed by atoms with Gasteiger partial charge in [0.25, 0.3) is 11.8 Å². The maximum atomic E-state index is 12.0. The fourth-order valence-corrected chi connectivity index (χ4v) is 1.67. The molecule has 0 radical (unpaired) electrons. The monoisotopic (exact) mass is 271 g/mol. The molecular weight excluding hydrogens is 258 g/mol. The quantitative estimate of drug-likeness (QED) is 0.777. The fourth-order valence-electron chi connectivity index (χ4n) is 1.67. The summed E-state index contributed by atoms with van der Waals surface area (Å²) in [5, 5.41) is 5.08. The number of amides is 2. The fraction of sp³-hybridized carbons (Fsp3) is 0.0714. The first-order valence-corrected chi connectivity index (χ1v) is 5.92. The number of pyridine rings is 1. The average Bonchev–Trinajstić information content (AvgIpc) is 2.47. The summed E-state index contributed by atoms with van der Waals surface area (Å²) in [6, 6.07) is 7.73. The van der Waals surface area contributed by atoms with Crippen LogP contribution in [0.1, 0.15) is 20.7 Å². The Morgan fingerprint density at radius 1 is 1.15 bits per heavy atom. The van der Waals surface area contributed by atoms with Crippen LogP contribution in [0.15, 0.2) is 47.5 Å². The van der Waals surface area contributed by atoms with E-state index in [1.165, 1.54) is 31.6 Å². The molecule has 0 saturated carbocycles. The van der Waals surface area contributed by atoms with Crippen LogP contribution in [0.5, 0.6) is 0 Å². The van der Waals surface area contributed by atoms with Crippen molar-refractivity contribution in [3.05, 3.63) is 64.1 Å². The maximum Gasteiger partial charge on any atom is 0.261 e. The van der Waals surface area contributed by atoms with Gasteiger partial charge in [-0.05, 0) is 18.2 Å². The van der Waals surface area contributed by atoms with Crippen molar-refractivity contribution in [2.24, 2.45) is 0 Å². The van der Waals surface area contributed by atoms with E-state index < -0.39 is 5.91 Å². The number of carbonyl (C=O) groups excluding carboxylic acids is 2. The standard InChI is InChI=1S/C14H13N3O3/c1-15-13(19)9-3-2-4-10(7-9)17-14(20)11-8-16-6-5-12(11)18/h2-8H,1H3,(H,15,19)(H,16,18)(H,17,20). The van der Waals surface area contributed by atoms with Crippen LogP contribution in [-0.2, 0) is 0 Å². The van der Waals surface area contributed by atoms with Crippen molar-refractivity contribution >= 4 is 17.5 Å². The average molecular weight is 271 g/mol. The van der Waals surface area contributed by atoms with Crippen LogP contribution >= 0.6 is 0 Å². The van der Waals surface area contributed by atoms with Crippen molar-refractivity contribution < 1.29 is 9.59 Å². The molecule has 0 saturated heterocycles. The SMILES string of the molecule is CNC(=O)c1cccc(NC(=O)c2c[nH]ccc2=O)c1. The summed E-state index contributed by atoms with van der Waals surface area (Å²) in [6.45, 7) is 0. The van der Waals surface area contributed by atoms with Gasteiger partial charge in [-0.3, -0.25) is 14.4 Å². The van der Waals surface area contributed by atoms with E-state index in [2.05, 4.69) is 15.6 Å². The van der Waals surface area contributed by atoms with Gasteiger partial charge in [-0.25, -0.2) is 0 Å². The highest BCUT2D eigenvalue weighted by atomic mass is 16.2. The van der Waals surface area contributed by atoms with E-state index in [1.807, 2.05) is 0 Å². The molecule has 1 heterocycles. The Morgan fingerprint density at radius 2 is 1.95 bits per heavy atom. The lowest BCUT2D eigenvalue weighted by atomic mass is 10.2. The molecule has 20 heavy (non-hydrogen) atoms. The minimum Gasteiger partial charge on any atom is -0.367 e. The van der Waals surface area contributed by atoms with Crippen molar-refractivity contribution in [1.29, 1.82) is 0 Å². The minimum atomic E-state index is -0.527. The molecule has 2 rings (SSSR count). The largest absolute Gasteiger partial charge is 0.367 e. The van der Waals surface area contributed by atoms with Crippen LogP contribution < -0.4 is 16.1 Å². The summed E-state index contributed by atoms with van der Waals surface area (Å²) in [6.07, 6.45) is 2.78. The van der Waals surface area contributed by atoms with Gasteiger partial charge in [-0.15, -0.1) is 0 Å². The number of carbonyl (C=O) groups is 2. The van der Waals surface area contributed by atoms with Crippen molar-refractivity contribution in [2.45, 2.75) is 0 Å². The van der Waals surface area contributed by atoms with Gasteiger partial charge in [0.1, 0.15) is 5.56 Å². The summed E-state index contributed by atoms with van der Waals surface area (Å²) < 4.78 is 0. The highest BCUT2D eigenvalue weighted by molar-refractivity contribution is 6.04. The van der Waals surface area contributed by atoms with E-state index in [4.69, 9.17) is 0 Å². The molecule has 1 aromatic carbocycles. The topological polar surface area (TPSA) is 91.1 Å². The van der Waals surface area contributed by atoms with Crippen LogP contribution in [0.2, 0.25) is 0 Å². The molecular formula is C14H13N3O3. The van der Waals surface area contributed by atoms with Gasteiger partial charge in [-0.2, -0.15) is 0 Å². The predicted molar refractivity (Wildman–Crippen MR) is 74.8 cm³/mol. The summed E-state index contributed by atoms with van der Waals surface area (Å²) in [7, 11) is 1.52.